The number of aromatic nitrogens is 1. The normalized spacial score (nSPS) is 19.1. The maximum Gasteiger partial charge on any atom is 0.246 e. The molecule has 0 saturated carbocycles. The summed E-state index contributed by atoms with van der Waals surface area (Å²) < 4.78 is 5.45. The van der Waals surface area contributed by atoms with E-state index in [0.717, 1.165) is 5.56 Å². The summed E-state index contributed by atoms with van der Waals surface area (Å²) >= 11 is 0. The third-order valence-electron chi connectivity index (χ3n) is 4.81. The summed E-state index contributed by atoms with van der Waals surface area (Å²) in [6.07, 6.45) is 1.33. The SMILES string of the molecule is CC(=O)N1CCC[C@@]1(Cc1cc(-c2ccccc2)no1)C(=O)NCC(N)=O. The van der Waals surface area contributed by atoms with Crippen molar-refractivity contribution in [1.82, 2.24) is 15.4 Å². The van der Waals surface area contributed by atoms with Crippen LogP contribution in [0, 0.1) is 0 Å². The van der Waals surface area contributed by atoms with Gasteiger partial charge in [0.1, 0.15) is 17.0 Å². The van der Waals surface area contributed by atoms with Crippen LogP contribution < -0.4 is 11.1 Å². The highest BCUT2D eigenvalue weighted by Crippen LogP contribution is 2.34. The molecular formula is C19H22N4O4. The van der Waals surface area contributed by atoms with Crippen LogP contribution in [-0.4, -0.2) is 46.4 Å². The Morgan fingerprint density at radius 1 is 1.30 bits per heavy atom. The number of carbonyl (C=O) groups is 3. The molecule has 8 heteroatoms. The summed E-state index contributed by atoms with van der Waals surface area (Å²) in [6, 6.07) is 11.3. The Bertz CT molecular complexity index is 848. The third kappa shape index (κ3) is 3.84. The van der Waals surface area contributed by atoms with Gasteiger partial charge in [-0.25, -0.2) is 0 Å². The molecule has 0 spiro atoms. The summed E-state index contributed by atoms with van der Waals surface area (Å²) in [5.41, 5.74) is 5.57. The van der Waals surface area contributed by atoms with Gasteiger partial charge in [0.15, 0.2) is 0 Å². The number of nitrogens with zero attached hydrogens (tertiary/aromatic N) is 2. The number of nitrogens with two attached hydrogens (primary N) is 1. The lowest BCUT2D eigenvalue weighted by Crippen LogP contribution is -2.59. The number of likely N-dealkylation sites (tertiary alicyclic amines) is 1. The fourth-order valence-corrected chi connectivity index (χ4v) is 3.60. The van der Waals surface area contributed by atoms with Gasteiger partial charge < -0.3 is 20.5 Å². The molecule has 142 valence electrons. The fourth-order valence-electron chi connectivity index (χ4n) is 3.60. The van der Waals surface area contributed by atoms with Gasteiger partial charge in [-0.1, -0.05) is 35.5 Å². The molecule has 1 aromatic heterocycles. The maximum atomic E-state index is 12.9. The first-order chi connectivity index (χ1) is 12.9. The second-order valence-corrected chi connectivity index (χ2v) is 6.68. The van der Waals surface area contributed by atoms with E-state index in [0.29, 0.717) is 30.8 Å². The average Bonchev–Trinajstić information content (AvgIpc) is 3.28. The lowest BCUT2D eigenvalue weighted by molar-refractivity contribution is -0.144. The summed E-state index contributed by atoms with van der Waals surface area (Å²) in [4.78, 5) is 37.6. The number of hydrogen-bond acceptors (Lipinski definition) is 5. The molecule has 1 aromatic carbocycles. The number of amides is 3. The highest BCUT2D eigenvalue weighted by Gasteiger charge is 2.49. The Kier molecular flexibility index (Phi) is 5.25. The van der Waals surface area contributed by atoms with Crippen LogP contribution in [0.5, 0.6) is 0 Å². The third-order valence-corrected chi connectivity index (χ3v) is 4.81. The molecule has 0 bridgehead atoms. The van der Waals surface area contributed by atoms with Crippen LogP contribution in [0.2, 0.25) is 0 Å². The first-order valence-corrected chi connectivity index (χ1v) is 8.78. The van der Waals surface area contributed by atoms with Crippen molar-refractivity contribution in [1.29, 1.82) is 0 Å². The van der Waals surface area contributed by atoms with Gasteiger partial charge in [0.25, 0.3) is 0 Å². The van der Waals surface area contributed by atoms with Gasteiger partial charge in [0.05, 0.1) is 6.54 Å². The van der Waals surface area contributed by atoms with E-state index in [-0.39, 0.29) is 18.9 Å². The van der Waals surface area contributed by atoms with Crippen LogP contribution in [0.15, 0.2) is 40.9 Å². The topological polar surface area (TPSA) is 119 Å². The van der Waals surface area contributed by atoms with Gasteiger partial charge in [-0.15, -0.1) is 0 Å². The molecule has 27 heavy (non-hydrogen) atoms. The number of carbonyl (C=O) groups excluding carboxylic acids is 3. The molecule has 3 N–H and O–H groups in total. The molecule has 2 heterocycles. The van der Waals surface area contributed by atoms with E-state index in [1.807, 2.05) is 30.3 Å². The highest BCUT2D eigenvalue weighted by molar-refractivity contribution is 5.94. The van der Waals surface area contributed by atoms with Gasteiger partial charge >= 0.3 is 0 Å². The van der Waals surface area contributed by atoms with E-state index in [9.17, 15) is 14.4 Å². The van der Waals surface area contributed by atoms with Crippen LogP contribution in [-0.2, 0) is 20.8 Å². The van der Waals surface area contributed by atoms with E-state index < -0.39 is 17.4 Å². The van der Waals surface area contributed by atoms with Crippen LogP contribution in [0.25, 0.3) is 11.3 Å². The summed E-state index contributed by atoms with van der Waals surface area (Å²) in [5.74, 6) is -0.760. The molecule has 3 amide bonds. The van der Waals surface area contributed by atoms with Crippen molar-refractivity contribution in [2.45, 2.75) is 31.7 Å². The molecular weight excluding hydrogens is 348 g/mol. The molecule has 1 aliphatic rings. The lowest BCUT2D eigenvalue weighted by atomic mass is 9.89. The molecule has 0 aliphatic carbocycles. The Balaban J connectivity index is 1.88. The van der Waals surface area contributed by atoms with E-state index in [1.165, 1.54) is 11.8 Å². The summed E-state index contributed by atoms with van der Waals surface area (Å²) in [6.45, 7) is 1.62. The Morgan fingerprint density at radius 2 is 2.04 bits per heavy atom. The van der Waals surface area contributed by atoms with E-state index in [1.54, 1.807) is 6.07 Å². The van der Waals surface area contributed by atoms with Crippen molar-refractivity contribution >= 4 is 17.7 Å². The monoisotopic (exact) mass is 370 g/mol. The Hall–Kier alpha value is -3.16. The van der Waals surface area contributed by atoms with Gasteiger partial charge in [-0.2, -0.15) is 0 Å². The van der Waals surface area contributed by atoms with Crippen LogP contribution in [0.1, 0.15) is 25.5 Å². The predicted octanol–water partition coefficient (Wildman–Crippen LogP) is 0.867. The van der Waals surface area contributed by atoms with E-state index >= 15 is 0 Å². The minimum absolute atomic E-state index is 0.178. The van der Waals surface area contributed by atoms with Crippen molar-refractivity contribution in [3.63, 3.8) is 0 Å². The largest absolute Gasteiger partial charge is 0.368 e. The Labute approximate surface area is 156 Å². The zero-order valence-corrected chi connectivity index (χ0v) is 15.1. The molecule has 1 fully saturated rings. The van der Waals surface area contributed by atoms with Crippen molar-refractivity contribution in [2.24, 2.45) is 5.73 Å². The van der Waals surface area contributed by atoms with E-state index in [2.05, 4.69) is 10.5 Å². The van der Waals surface area contributed by atoms with Crippen molar-refractivity contribution in [2.75, 3.05) is 13.1 Å². The van der Waals surface area contributed by atoms with Crippen LogP contribution >= 0.6 is 0 Å². The highest BCUT2D eigenvalue weighted by atomic mass is 16.5. The van der Waals surface area contributed by atoms with Gasteiger partial charge in [-0.05, 0) is 12.8 Å². The van der Waals surface area contributed by atoms with Crippen molar-refractivity contribution < 1.29 is 18.9 Å². The Morgan fingerprint density at radius 3 is 2.70 bits per heavy atom. The number of nitrogens with one attached hydrogen (secondary N) is 1. The molecule has 2 aromatic rings. The maximum absolute atomic E-state index is 12.9. The van der Waals surface area contributed by atoms with Crippen LogP contribution in [0.3, 0.4) is 0 Å². The van der Waals surface area contributed by atoms with Crippen LogP contribution in [0.4, 0.5) is 0 Å². The zero-order valence-electron chi connectivity index (χ0n) is 15.1. The average molecular weight is 370 g/mol. The molecule has 0 unspecified atom stereocenters. The predicted molar refractivity (Wildman–Crippen MR) is 97.2 cm³/mol. The molecule has 1 aliphatic heterocycles. The second kappa shape index (κ2) is 7.61. The fraction of sp³-hybridized carbons (Fsp3) is 0.368. The standard InChI is InChI=1S/C19H22N4O4/c1-13(24)23-9-5-8-19(23,18(26)21-12-17(20)25)11-15-10-16(22-27-15)14-6-3-2-4-7-14/h2-4,6-7,10H,5,8-9,11-12H2,1H3,(H2,20,25)(H,21,26)/t19-/m1/s1. The van der Waals surface area contributed by atoms with E-state index in [4.69, 9.17) is 10.3 Å². The molecule has 3 rings (SSSR count). The zero-order chi connectivity index (χ0) is 19.4. The number of primary amides is 1. The molecule has 0 radical (unpaired) electrons. The minimum atomic E-state index is -1.12. The minimum Gasteiger partial charge on any atom is -0.368 e. The van der Waals surface area contributed by atoms with Gasteiger partial charge in [0.2, 0.25) is 17.7 Å². The number of hydrogen-bond donors (Lipinski definition) is 2. The first-order valence-electron chi connectivity index (χ1n) is 8.78. The number of rotatable bonds is 6. The first kappa shape index (κ1) is 18.6. The van der Waals surface area contributed by atoms with Gasteiger partial charge in [-0.3, -0.25) is 14.4 Å². The second-order valence-electron chi connectivity index (χ2n) is 6.68. The molecule has 1 atom stereocenters. The molecule has 1 saturated heterocycles. The molecule has 8 nitrogen and oxygen atoms in total. The summed E-state index contributed by atoms with van der Waals surface area (Å²) in [5, 5.41) is 6.62. The smallest absolute Gasteiger partial charge is 0.246 e. The van der Waals surface area contributed by atoms with Crippen molar-refractivity contribution in [3.8, 4) is 11.3 Å². The lowest BCUT2D eigenvalue weighted by Gasteiger charge is -2.35. The quantitative estimate of drug-likeness (QED) is 0.782. The van der Waals surface area contributed by atoms with Gasteiger partial charge in [0, 0.05) is 31.5 Å². The number of benzene rings is 1. The van der Waals surface area contributed by atoms with Crippen molar-refractivity contribution in [3.05, 3.63) is 42.2 Å². The summed E-state index contributed by atoms with van der Waals surface area (Å²) in [7, 11) is 0.